The molecule has 3 rings (SSSR count). The molecule has 0 aliphatic rings. The highest BCUT2D eigenvalue weighted by Gasteiger charge is 2.32. The Morgan fingerprint density at radius 3 is 2.34 bits per heavy atom. The molecule has 9 nitrogen and oxygen atoms in total. The molecule has 0 unspecified atom stereocenters. The van der Waals surface area contributed by atoms with Gasteiger partial charge in [-0.1, -0.05) is 19.9 Å². The zero-order chi connectivity index (χ0) is 23.6. The predicted octanol–water partition coefficient (Wildman–Crippen LogP) is 2.00. The van der Waals surface area contributed by atoms with Gasteiger partial charge in [0.1, 0.15) is 28.9 Å². The van der Waals surface area contributed by atoms with Crippen LogP contribution in [0, 0.1) is 11.6 Å². The number of pyridine rings is 1. The normalized spacial score (nSPS) is 11.5. The van der Waals surface area contributed by atoms with E-state index in [0.717, 1.165) is 12.1 Å². The first-order valence-electron chi connectivity index (χ1n) is 9.40. The van der Waals surface area contributed by atoms with E-state index in [1.807, 2.05) is 0 Å². The summed E-state index contributed by atoms with van der Waals surface area (Å²) in [5, 5.41) is -0.347. The van der Waals surface area contributed by atoms with Gasteiger partial charge in [-0.05, 0) is 17.5 Å². The fourth-order valence-electron chi connectivity index (χ4n) is 2.99. The molecule has 2 heterocycles. The Kier molecular flexibility index (Phi) is 6.35. The van der Waals surface area contributed by atoms with Gasteiger partial charge in [-0.25, -0.2) is 13.8 Å². The van der Waals surface area contributed by atoms with Crippen molar-refractivity contribution >= 4 is 15.8 Å². The van der Waals surface area contributed by atoms with Crippen LogP contribution in [-0.4, -0.2) is 23.0 Å². The molecule has 0 saturated carbocycles. The van der Waals surface area contributed by atoms with Crippen molar-refractivity contribution in [3.8, 4) is 5.75 Å². The van der Waals surface area contributed by atoms with Crippen molar-refractivity contribution in [2.45, 2.75) is 31.3 Å². The molecule has 170 valence electrons. The molecular weight excluding hydrogens is 442 g/mol. The minimum Gasteiger partial charge on any atom is -0.393 e. The van der Waals surface area contributed by atoms with Crippen LogP contribution in [-0.2, 0) is 16.7 Å². The highest BCUT2D eigenvalue weighted by molar-refractivity contribution is 7.87. The van der Waals surface area contributed by atoms with Gasteiger partial charge in [-0.2, -0.15) is 8.42 Å². The molecule has 0 fully saturated rings. The number of halogens is 2. The van der Waals surface area contributed by atoms with Crippen LogP contribution >= 0.6 is 0 Å². The molecule has 0 aliphatic heterocycles. The van der Waals surface area contributed by atoms with Gasteiger partial charge in [0.2, 0.25) is 0 Å². The molecule has 2 aromatic heterocycles. The number of nitrogens with zero attached hydrogens (tertiary/aromatic N) is 3. The van der Waals surface area contributed by atoms with Crippen molar-refractivity contribution in [2.24, 2.45) is 17.2 Å². The zero-order valence-corrected chi connectivity index (χ0v) is 18.1. The number of nitrogens with two attached hydrogens (primary N) is 3. The molecule has 32 heavy (non-hydrogen) atoms. The summed E-state index contributed by atoms with van der Waals surface area (Å²) in [6, 6.07) is 5.50. The Balaban J connectivity index is 2.25. The predicted molar refractivity (Wildman–Crippen MR) is 113 cm³/mol. The molecule has 0 bridgehead atoms. The van der Waals surface area contributed by atoms with Crippen molar-refractivity contribution in [1.29, 1.82) is 0 Å². The maximum Gasteiger partial charge on any atom is 0.357 e. The van der Waals surface area contributed by atoms with E-state index in [1.165, 1.54) is 10.8 Å². The lowest BCUT2D eigenvalue weighted by Crippen LogP contribution is -2.22. The number of benzene rings is 1. The number of imidazole rings is 1. The van der Waals surface area contributed by atoms with Crippen LogP contribution in [0.2, 0.25) is 0 Å². The molecule has 0 amide bonds. The maximum atomic E-state index is 13.6. The molecule has 0 radical (unpaired) electrons. The topological polar surface area (TPSA) is 152 Å². The number of rotatable bonds is 7. The minimum atomic E-state index is -4.62. The summed E-state index contributed by atoms with van der Waals surface area (Å²) < 4.78 is 60.1. The van der Waals surface area contributed by atoms with E-state index in [-0.39, 0.29) is 34.6 Å². The average Bonchev–Trinajstić information content (AvgIpc) is 3.07. The summed E-state index contributed by atoms with van der Waals surface area (Å²) in [5.74, 6) is -3.16. The highest BCUT2D eigenvalue weighted by atomic mass is 32.2. The van der Waals surface area contributed by atoms with E-state index >= 15 is 0 Å². The Morgan fingerprint density at radius 1 is 1.16 bits per heavy atom. The van der Waals surface area contributed by atoms with Gasteiger partial charge in [-0.15, -0.1) is 0 Å². The van der Waals surface area contributed by atoms with Crippen LogP contribution in [0.25, 0.3) is 5.70 Å². The van der Waals surface area contributed by atoms with Crippen LogP contribution in [0.5, 0.6) is 5.75 Å². The third-order valence-electron chi connectivity index (χ3n) is 4.39. The van der Waals surface area contributed by atoms with E-state index in [1.54, 1.807) is 32.2 Å². The third-order valence-corrected chi connectivity index (χ3v) is 5.70. The molecule has 1 aromatic carbocycles. The Hall–Kier alpha value is -3.67. The lowest BCUT2D eigenvalue weighted by molar-refractivity contribution is 0.466. The molecule has 0 spiro atoms. The van der Waals surface area contributed by atoms with Gasteiger partial charge in [0, 0.05) is 30.6 Å². The average molecular weight is 464 g/mol. The highest BCUT2D eigenvalue weighted by Crippen LogP contribution is 2.30. The van der Waals surface area contributed by atoms with Crippen molar-refractivity contribution in [1.82, 2.24) is 14.5 Å². The largest absolute Gasteiger partial charge is 0.393 e. The quantitative estimate of drug-likeness (QED) is 0.449. The minimum absolute atomic E-state index is 0.00477. The molecular formula is C20H22F2N6O3S. The first-order chi connectivity index (χ1) is 15.0. The molecule has 12 heteroatoms. The molecule has 0 aliphatic carbocycles. The SMILES string of the molecule is CC(C)c1nc(C(N)=C(N)N)n(Cc2cccnc2)c1S(=O)(=O)Oc1cc(F)cc(F)c1. The second kappa shape index (κ2) is 8.83. The van der Waals surface area contributed by atoms with Gasteiger partial charge in [0.15, 0.2) is 10.9 Å². The van der Waals surface area contributed by atoms with Gasteiger partial charge < -0.3 is 26.0 Å². The molecule has 3 aromatic rings. The lowest BCUT2D eigenvalue weighted by Gasteiger charge is -2.15. The first kappa shape index (κ1) is 23.0. The van der Waals surface area contributed by atoms with E-state index in [9.17, 15) is 17.2 Å². The second-order valence-corrected chi connectivity index (χ2v) is 8.70. The summed E-state index contributed by atoms with van der Waals surface area (Å²) >= 11 is 0. The third kappa shape index (κ3) is 4.80. The van der Waals surface area contributed by atoms with Gasteiger partial charge in [0.25, 0.3) is 0 Å². The van der Waals surface area contributed by atoms with Gasteiger partial charge in [0.05, 0.1) is 12.2 Å². The summed E-state index contributed by atoms with van der Waals surface area (Å²) in [5.41, 5.74) is 17.9. The molecule has 6 N–H and O–H groups in total. The maximum absolute atomic E-state index is 13.6. The Morgan fingerprint density at radius 2 is 1.81 bits per heavy atom. The van der Waals surface area contributed by atoms with Crippen LogP contribution in [0.1, 0.15) is 36.8 Å². The monoisotopic (exact) mass is 464 g/mol. The first-order valence-corrected chi connectivity index (χ1v) is 10.8. The van der Waals surface area contributed by atoms with E-state index in [4.69, 9.17) is 21.4 Å². The smallest absolute Gasteiger partial charge is 0.357 e. The molecule has 0 saturated heterocycles. The van der Waals surface area contributed by atoms with Crippen LogP contribution in [0.15, 0.2) is 53.6 Å². The fourth-order valence-corrected chi connectivity index (χ4v) is 4.38. The van der Waals surface area contributed by atoms with E-state index < -0.39 is 33.4 Å². The number of aromatic nitrogens is 3. The lowest BCUT2D eigenvalue weighted by atomic mass is 10.1. The summed E-state index contributed by atoms with van der Waals surface area (Å²) in [6.07, 6.45) is 3.09. The van der Waals surface area contributed by atoms with Crippen molar-refractivity contribution in [3.05, 3.63) is 77.3 Å². The van der Waals surface area contributed by atoms with Gasteiger partial charge >= 0.3 is 10.1 Å². The summed E-state index contributed by atoms with van der Waals surface area (Å²) in [4.78, 5) is 8.38. The van der Waals surface area contributed by atoms with Crippen LogP contribution in [0.4, 0.5) is 8.78 Å². The Bertz CT molecular complexity index is 1250. The van der Waals surface area contributed by atoms with E-state index in [0.29, 0.717) is 11.6 Å². The summed E-state index contributed by atoms with van der Waals surface area (Å²) in [7, 11) is -4.62. The number of hydrogen-bond acceptors (Lipinski definition) is 8. The van der Waals surface area contributed by atoms with Crippen molar-refractivity contribution < 1.29 is 21.4 Å². The van der Waals surface area contributed by atoms with Gasteiger partial charge in [-0.3, -0.25) is 4.98 Å². The second-order valence-electron chi connectivity index (χ2n) is 7.24. The number of hydrogen-bond donors (Lipinski definition) is 3. The standard InChI is InChI=1S/C20H22F2N6O3S/c1-11(2)17-20(32(29,30)31-15-7-13(21)6-14(22)8-15)28(10-12-4-3-5-26-9-12)19(27-17)16(23)18(24)25/h3-9,11H,10,23-25H2,1-2H3. The van der Waals surface area contributed by atoms with Crippen molar-refractivity contribution in [2.75, 3.05) is 0 Å². The summed E-state index contributed by atoms with van der Waals surface area (Å²) in [6.45, 7) is 3.41. The zero-order valence-electron chi connectivity index (χ0n) is 17.3. The Labute approximate surface area is 183 Å². The van der Waals surface area contributed by atoms with Crippen molar-refractivity contribution in [3.63, 3.8) is 0 Å². The van der Waals surface area contributed by atoms with E-state index in [2.05, 4.69) is 9.97 Å². The fraction of sp³-hybridized carbons (Fsp3) is 0.200. The van der Waals surface area contributed by atoms with Crippen LogP contribution in [0.3, 0.4) is 0 Å². The molecule has 0 atom stereocenters. The van der Waals surface area contributed by atoms with Crippen LogP contribution < -0.4 is 21.4 Å².